The lowest BCUT2D eigenvalue weighted by atomic mass is 10.1. The summed E-state index contributed by atoms with van der Waals surface area (Å²) in [6.45, 7) is 2.46. The van der Waals surface area contributed by atoms with Crippen molar-refractivity contribution in [1.29, 1.82) is 0 Å². The highest BCUT2D eigenvalue weighted by Gasteiger charge is 2.24. The van der Waals surface area contributed by atoms with E-state index in [4.69, 9.17) is 30.5 Å². The Hall–Kier alpha value is -4.10. The molecule has 0 spiro atoms. The number of halogens is 1. The normalized spacial score (nSPS) is 13.9. The minimum absolute atomic E-state index is 0.136. The number of esters is 2. The van der Waals surface area contributed by atoms with Gasteiger partial charge < -0.3 is 18.9 Å². The second kappa shape index (κ2) is 10.2. The summed E-state index contributed by atoms with van der Waals surface area (Å²) in [6, 6.07) is 18.4. The Bertz CT molecular complexity index is 1280. The highest BCUT2D eigenvalue weighted by Crippen LogP contribution is 2.30. The van der Waals surface area contributed by atoms with Crippen LogP contribution in [0.2, 0.25) is 5.02 Å². The number of rotatable bonds is 7. The van der Waals surface area contributed by atoms with Crippen molar-refractivity contribution in [2.24, 2.45) is 4.99 Å². The first-order valence-corrected chi connectivity index (χ1v) is 10.8. The molecule has 0 unspecified atom stereocenters. The van der Waals surface area contributed by atoms with Gasteiger partial charge in [0.2, 0.25) is 5.90 Å². The summed E-state index contributed by atoms with van der Waals surface area (Å²) in [5.41, 5.74) is 1.76. The van der Waals surface area contributed by atoms with Gasteiger partial charge in [-0.2, -0.15) is 0 Å². The van der Waals surface area contributed by atoms with E-state index in [1.165, 1.54) is 7.11 Å². The number of carbonyl (C=O) groups is 2. The molecule has 3 aromatic rings. The van der Waals surface area contributed by atoms with E-state index in [2.05, 4.69) is 4.99 Å². The molecule has 0 atom stereocenters. The summed E-state index contributed by atoms with van der Waals surface area (Å²) >= 11 is 5.86. The molecule has 0 amide bonds. The minimum atomic E-state index is -0.568. The van der Waals surface area contributed by atoms with Crippen molar-refractivity contribution in [3.63, 3.8) is 0 Å². The molecule has 7 nitrogen and oxygen atoms in total. The first-order chi connectivity index (χ1) is 16.5. The third-order valence-corrected chi connectivity index (χ3v) is 5.06. The van der Waals surface area contributed by atoms with Gasteiger partial charge in [-0.3, -0.25) is 0 Å². The van der Waals surface area contributed by atoms with Gasteiger partial charge in [0, 0.05) is 10.6 Å². The number of hydrogen-bond acceptors (Lipinski definition) is 7. The van der Waals surface area contributed by atoms with Crippen molar-refractivity contribution in [3.8, 4) is 17.2 Å². The Morgan fingerprint density at radius 3 is 2.44 bits per heavy atom. The molecule has 0 saturated heterocycles. The second-order valence-corrected chi connectivity index (χ2v) is 7.54. The standard InChI is InChI=1S/C26H20ClNO6/c1-3-32-20-11-7-17(8-12-20)24-28-21(26(30)34-24)14-16-4-13-22(23(15-16)31-2)33-25(29)18-5-9-19(27)10-6-18/h4-15H,3H2,1-2H3/b21-14-. The van der Waals surface area contributed by atoms with Crippen LogP contribution in [0.5, 0.6) is 17.2 Å². The summed E-state index contributed by atoms with van der Waals surface area (Å²) in [7, 11) is 1.46. The fourth-order valence-electron chi connectivity index (χ4n) is 3.15. The van der Waals surface area contributed by atoms with Gasteiger partial charge in [0.1, 0.15) is 5.75 Å². The SMILES string of the molecule is CCOc1ccc(C2=N/C(=C\c3ccc(OC(=O)c4ccc(Cl)cc4)c(OC)c3)C(=O)O2)cc1. The molecule has 0 aliphatic carbocycles. The number of cyclic esters (lactones) is 1. The molecule has 1 aliphatic rings. The second-order valence-electron chi connectivity index (χ2n) is 7.10. The molecular weight excluding hydrogens is 458 g/mol. The average Bonchev–Trinajstić information content (AvgIpc) is 3.21. The van der Waals surface area contributed by atoms with Crippen molar-refractivity contribution in [2.75, 3.05) is 13.7 Å². The Morgan fingerprint density at radius 2 is 1.76 bits per heavy atom. The van der Waals surface area contributed by atoms with E-state index in [9.17, 15) is 9.59 Å². The largest absolute Gasteiger partial charge is 0.494 e. The van der Waals surface area contributed by atoms with Crippen molar-refractivity contribution in [3.05, 3.63) is 94.1 Å². The lowest BCUT2D eigenvalue weighted by molar-refractivity contribution is -0.129. The molecule has 0 radical (unpaired) electrons. The minimum Gasteiger partial charge on any atom is -0.494 e. The quantitative estimate of drug-likeness (QED) is 0.260. The molecule has 3 aromatic carbocycles. The van der Waals surface area contributed by atoms with Crippen molar-refractivity contribution < 1.29 is 28.5 Å². The van der Waals surface area contributed by atoms with Crippen LogP contribution in [0.25, 0.3) is 6.08 Å². The first kappa shape index (κ1) is 23.1. The molecule has 0 N–H and O–H groups in total. The number of benzene rings is 3. The fourth-order valence-corrected chi connectivity index (χ4v) is 3.28. The van der Waals surface area contributed by atoms with Crippen LogP contribution in [0, 0.1) is 0 Å². The molecule has 0 bridgehead atoms. The molecule has 0 aromatic heterocycles. The topological polar surface area (TPSA) is 83.4 Å². The lowest BCUT2D eigenvalue weighted by Gasteiger charge is -2.10. The molecule has 8 heteroatoms. The smallest absolute Gasteiger partial charge is 0.363 e. The summed E-state index contributed by atoms with van der Waals surface area (Å²) in [5.74, 6) is 0.359. The highest BCUT2D eigenvalue weighted by molar-refractivity contribution is 6.30. The highest BCUT2D eigenvalue weighted by atomic mass is 35.5. The number of aliphatic imine (C=N–C) groups is 1. The van der Waals surface area contributed by atoms with Crippen LogP contribution in [0.15, 0.2) is 77.4 Å². The predicted molar refractivity (Wildman–Crippen MR) is 128 cm³/mol. The van der Waals surface area contributed by atoms with Gasteiger partial charge in [0.15, 0.2) is 17.2 Å². The third-order valence-electron chi connectivity index (χ3n) is 4.81. The van der Waals surface area contributed by atoms with Gasteiger partial charge >= 0.3 is 11.9 Å². The Balaban J connectivity index is 1.53. The van der Waals surface area contributed by atoms with E-state index in [-0.39, 0.29) is 17.3 Å². The van der Waals surface area contributed by atoms with E-state index in [0.717, 1.165) is 5.75 Å². The predicted octanol–water partition coefficient (Wildman–Crippen LogP) is 5.31. The zero-order chi connectivity index (χ0) is 24.1. The maximum absolute atomic E-state index is 12.4. The lowest BCUT2D eigenvalue weighted by Crippen LogP contribution is -2.09. The fraction of sp³-hybridized carbons (Fsp3) is 0.115. The Kier molecular flexibility index (Phi) is 6.94. The number of ether oxygens (including phenoxy) is 4. The van der Waals surface area contributed by atoms with Crippen molar-refractivity contribution >= 4 is 35.5 Å². The van der Waals surface area contributed by atoms with E-state index in [1.807, 2.05) is 6.92 Å². The van der Waals surface area contributed by atoms with Gasteiger partial charge in [-0.05, 0) is 79.2 Å². The van der Waals surface area contributed by atoms with Crippen molar-refractivity contribution in [1.82, 2.24) is 0 Å². The van der Waals surface area contributed by atoms with Gasteiger partial charge in [0.25, 0.3) is 0 Å². The molecule has 172 valence electrons. The summed E-state index contributed by atoms with van der Waals surface area (Å²) in [4.78, 5) is 29.1. The zero-order valence-electron chi connectivity index (χ0n) is 18.4. The molecule has 0 saturated carbocycles. The molecule has 1 aliphatic heterocycles. The Morgan fingerprint density at radius 1 is 1.03 bits per heavy atom. The van der Waals surface area contributed by atoms with E-state index >= 15 is 0 Å². The van der Waals surface area contributed by atoms with Gasteiger partial charge in [-0.15, -0.1) is 0 Å². The van der Waals surface area contributed by atoms with Crippen LogP contribution in [-0.4, -0.2) is 31.6 Å². The van der Waals surface area contributed by atoms with Crippen LogP contribution in [0.1, 0.15) is 28.4 Å². The number of nitrogens with zero attached hydrogens (tertiary/aromatic N) is 1. The van der Waals surface area contributed by atoms with Crippen LogP contribution < -0.4 is 14.2 Å². The van der Waals surface area contributed by atoms with Crippen molar-refractivity contribution in [2.45, 2.75) is 6.92 Å². The maximum Gasteiger partial charge on any atom is 0.363 e. The summed E-state index contributed by atoms with van der Waals surface area (Å²) < 4.78 is 21.6. The van der Waals surface area contributed by atoms with E-state index in [0.29, 0.717) is 34.1 Å². The Labute approximate surface area is 201 Å². The molecule has 4 rings (SSSR count). The van der Waals surface area contributed by atoms with E-state index < -0.39 is 11.9 Å². The van der Waals surface area contributed by atoms with Crippen LogP contribution >= 0.6 is 11.6 Å². The summed E-state index contributed by atoms with van der Waals surface area (Å²) in [6.07, 6.45) is 1.57. The third kappa shape index (κ3) is 5.27. The van der Waals surface area contributed by atoms with Gasteiger partial charge in [-0.1, -0.05) is 17.7 Å². The van der Waals surface area contributed by atoms with Gasteiger partial charge in [0.05, 0.1) is 19.3 Å². The average molecular weight is 478 g/mol. The number of methoxy groups -OCH3 is 1. The number of hydrogen-bond donors (Lipinski definition) is 0. The molecular formula is C26H20ClNO6. The van der Waals surface area contributed by atoms with Crippen LogP contribution in [0.3, 0.4) is 0 Å². The maximum atomic E-state index is 12.4. The van der Waals surface area contributed by atoms with Gasteiger partial charge in [-0.25, -0.2) is 14.6 Å². The van der Waals surface area contributed by atoms with Crippen LogP contribution in [0.4, 0.5) is 0 Å². The molecule has 0 fully saturated rings. The zero-order valence-corrected chi connectivity index (χ0v) is 19.2. The molecule has 34 heavy (non-hydrogen) atoms. The first-order valence-electron chi connectivity index (χ1n) is 10.4. The van der Waals surface area contributed by atoms with Crippen LogP contribution in [-0.2, 0) is 9.53 Å². The molecule has 1 heterocycles. The van der Waals surface area contributed by atoms with E-state index in [1.54, 1.807) is 72.8 Å². The summed E-state index contributed by atoms with van der Waals surface area (Å²) in [5, 5.41) is 0.519. The number of carbonyl (C=O) groups excluding carboxylic acids is 2. The monoisotopic (exact) mass is 477 g/mol.